The van der Waals surface area contributed by atoms with Crippen molar-refractivity contribution in [3.8, 4) is 12.1 Å². The Balaban J connectivity index is 1.98. The summed E-state index contributed by atoms with van der Waals surface area (Å²) >= 11 is 0. The quantitative estimate of drug-likeness (QED) is 0.813. The molecule has 2 aromatic rings. The zero-order valence-electron chi connectivity index (χ0n) is 9.58. The number of ether oxygens (including phenoxy) is 1. The lowest BCUT2D eigenvalue weighted by Gasteiger charge is -2.05. The van der Waals surface area contributed by atoms with Crippen LogP contribution in [0.4, 0.5) is 0 Å². The smallest absolute Gasteiger partial charge is 0.176 e. The SMILES string of the molecule is N#Cc1ncn(COCc2ccccc2)c1C#N. The van der Waals surface area contributed by atoms with Crippen LogP contribution in [0.1, 0.15) is 17.0 Å². The highest BCUT2D eigenvalue weighted by Gasteiger charge is 2.09. The average Bonchev–Trinajstić information content (AvgIpc) is 2.82. The van der Waals surface area contributed by atoms with Crippen LogP contribution >= 0.6 is 0 Å². The van der Waals surface area contributed by atoms with Gasteiger partial charge in [-0.1, -0.05) is 30.3 Å². The number of imidazole rings is 1. The molecule has 0 aliphatic carbocycles. The van der Waals surface area contributed by atoms with Gasteiger partial charge in [0.05, 0.1) is 12.9 Å². The Morgan fingerprint density at radius 1 is 1.17 bits per heavy atom. The molecule has 0 aliphatic heterocycles. The van der Waals surface area contributed by atoms with Crippen molar-refractivity contribution in [3.05, 3.63) is 53.6 Å². The van der Waals surface area contributed by atoms with Crippen molar-refractivity contribution in [2.24, 2.45) is 0 Å². The molecule has 1 aromatic carbocycles. The van der Waals surface area contributed by atoms with Gasteiger partial charge in [-0.05, 0) is 5.56 Å². The van der Waals surface area contributed by atoms with E-state index in [1.165, 1.54) is 10.9 Å². The van der Waals surface area contributed by atoms with Crippen molar-refractivity contribution in [2.75, 3.05) is 0 Å². The molecule has 0 saturated heterocycles. The van der Waals surface area contributed by atoms with Gasteiger partial charge < -0.3 is 4.74 Å². The molecule has 0 spiro atoms. The van der Waals surface area contributed by atoms with Gasteiger partial charge in [-0.2, -0.15) is 10.5 Å². The zero-order chi connectivity index (χ0) is 12.8. The Hall–Kier alpha value is -2.63. The molecule has 0 aliphatic rings. The Morgan fingerprint density at radius 2 is 1.94 bits per heavy atom. The average molecular weight is 238 g/mol. The first-order chi connectivity index (χ1) is 8.85. The molecule has 0 fully saturated rings. The summed E-state index contributed by atoms with van der Waals surface area (Å²) in [5.74, 6) is 0. The first-order valence-corrected chi connectivity index (χ1v) is 5.32. The summed E-state index contributed by atoms with van der Waals surface area (Å²) in [6.07, 6.45) is 1.43. The van der Waals surface area contributed by atoms with Crippen LogP contribution in [0.5, 0.6) is 0 Å². The largest absolute Gasteiger partial charge is 0.356 e. The highest BCUT2D eigenvalue weighted by atomic mass is 16.5. The normalized spacial score (nSPS) is 9.67. The lowest BCUT2D eigenvalue weighted by Crippen LogP contribution is -2.04. The second kappa shape index (κ2) is 5.62. The summed E-state index contributed by atoms with van der Waals surface area (Å²) in [7, 11) is 0. The summed E-state index contributed by atoms with van der Waals surface area (Å²) < 4.78 is 6.98. The molecule has 1 heterocycles. The van der Waals surface area contributed by atoms with Crippen molar-refractivity contribution in [1.29, 1.82) is 10.5 Å². The molecule has 5 nitrogen and oxygen atoms in total. The summed E-state index contributed by atoms with van der Waals surface area (Å²) in [6.45, 7) is 0.651. The number of hydrogen-bond acceptors (Lipinski definition) is 4. The zero-order valence-corrected chi connectivity index (χ0v) is 9.58. The number of hydrogen-bond donors (Lipinski definition) is 0. The van der Waals surface area contributed by atoms with Crippen molar-refractivity contribution in [1.82, 2.24) is 9.55 Å². The second-order valence-electron chi connectivity index (χ2n) is 3.60. The van der Waals surface area contributed by atoms with Crippen LogP contribution in [0, 0.1) is 22.7 Å². The van der Waals surface area contributed by atoms with Gasteiger partial charge in [0, 0.05) is 0 Å². The van der Waals surface area contributed by atoms with E-state index in [-0.39, 0.29) is 18.1 Å². The van der Waals surface area contributed by atoms with Crippen molar-refractivity contribution in [3.63, 3.8) is 0 Å². The van der Waals surface area contributed by atoms with E-state index in [1.807, 2.05) is 42.5 Å². The fourth-order valence-electron chi connectivity index (χ4n) is 1.52. The molecule has 0 saturated carbocycles. The fraction of sp³-hybridized carbons (Fsp3) is 0.154. The minimum atomic E-state index is 0.126. The monoisotopic (exact) mass is 238 g/mol. The van der Waals surface area contributed by atoms with Gasteiger partial charge in [-0.3, -0.25) is 4.57 Å². The van der Waals surface area contributed by atoms with Crippen molar-refractivity contribution in [2.45, 2.75) is 13.3 Å². The van der Waals surface area contributed by atoms with Crippen LogP contribution in [0.15, 0.2) is 36.7 Å². The first kappa shape index (κ1) is 11.8. The summed E-state index contributed by atoms with van der Waals surface area (Å²) in [5, 5.41) is 17.7. The molecule has 0 amide bonds. The predicted octanol–water partition coefficient (Wildman–Crippen LogP) is 1.80. The maximum Gasteiger partial charge on any atom is 0.176 e. The van der Waals surface area contributed by atoms with Gasteiger partial charge >= 0.3 is 0 Å². The van der Waals surface area contributed by atoms with E-state index in [9.17, 15) is 0 Å². The van der Waals surface area contributed by atoms with Crippen LogP contribution in [0.2, 0.25) is 0 Å². The van der Waals surface area contributed by atoms with Crippen LogP contribution in [-0.4, -0.2) is 9.55 Å². The standard InChI is InChI=1S/C13H10N4O/c14-6-12-13(7-15)17(9-16-12)10-18-8-11-4-2-1-3-5-11/h1-5,9H,8,10H2. The number of nitriles is 2. The topological polar surface area (TPSA) is 74.6 Å². The third kappa shape index (κ3) is 2.54. The minimum absolute atomic E-state index is 0.126. The van der Waals surface area contributed by atoms with Crippen LogP contribution < -0.4 is 0 Å². The van der Waals surface area contributed by atoms with Gasteiger partial charge in [0.25, 0.3) is 0 Å². The molecule has 88 valence electrons. The van der Waals surface area contributed by atoms with E-state index in [0.717, 1.165) is 5.56 Å². The van der Waals surface area contributed by atoms with E-state index in [4.69, 9.17) is 15.3 Å². The van der Waals surface area contributed by atoms with Crippen LogP contribution in [0.3, 0.4) is 0 Å². The lowest BCUT2D eigenvalue weighted by atomic mass is 10.2. The molecule has 5 heteroatoms. The Kier molecular flexibility index (Phi) is 3.70. The van der Waals surface area contributed by atoms with Gasteiger partial charge in [0.2, 0.25) is 0 Å². The highest BCUT2D eigenvalue weighted by molar-refractivity contribution is 5.35. The molecule has 2 rings (SSSR count). The third-order valence-corrected chi connectivity index (χ3v) is 2.39. The molecule has 1 aromatic heterocycles. The molecule has 18 heavy (non-hydrogen) atoms. The number of benzene rings is 1. The van der Waals surface area contributed by atoms with E-state index in [1.54, 1.807) is 0 Å². The molecule has 0 N–H and O–H groups in total. The fourth-order valence-corrected chi connectivity index (χ4v) is 1.52. The summed E-state index contributed by atoms with van der Waals surface area (Å²) in [4.78, 5) is 3.83. The van der Waals surface area contributed by atoms with Gasteiger partial charge in [-0.15, -0.1) is 0 Å². The first-order valence-electron chi connectivity index (χ1n) is 5.32. The van der Waals surface area contributed by atoms with Crippen molar-refractivity contribution < 1.29 is 4.74 Å². The van der Waals surface area contributed by atoms with E-state index in [0.29, 0.717) is 6.61 Å². The Bertz CT molecular complexity index is 604. The third-order valence-electron chi connectivity index (χ3n) is 2.39. The van der Waals surface area contributed by atoms with Crippen LogP contribution in [-0.2, 0) is 18.1 Å². The summed E-state index contributed by atoms with van der Waals surface area (Å²) in [5.41, 5.74) is 1.41. The molecular weight excluding hydrogens is 228 g/mol. The maximum absolute atomic E-state index is 8.92. The van der Waals surface area contributed by atoms with Gasteiger partial charge in [0.15, 0.2) is 11.4 Å². The predicted molar refractivity (Wildman–Crippen MR) is 62.9 cm³/mol. The van der Waals surface area contributed by atoms with Gasteiger partial charge in [0.1, 0.15) is 18.9 Å². The number of rotatable bonds is 4. The van der Waals surface area contributed by atoms with E-state index >= 15 is 0 Å². The van der Waals surface area contributed by atoms with Crippen LogP contribution in [0.25, 0.3) is 0 Å². The molecule has 0 atom stereocenters. The van der Waals surface area contributed by atoms with Gasteiger partial charge in [-0.25, -0.2) is 4.98 Å². The van der Waals surface area contributed by atoms with E-state index < -0.39 is 0 Å². The molecule has 0 radical (unpaired) electrons. The summed E-state index contributed by atoms with van der Waals surface area (Å²) in [6, 6.07) is 13.5. The number of aromatic nitrogens is 2. The molecule has 0 unspecified atom stereocenters. The molecule has 0 bridgehead atoms. The van der Waals surface area contributed by atoms with Crippen molar-refractivity contribution >= 4 is 0 Å². The minimum Gasteiger partial charge on any atom is -0.356 e. The number of nitrogens with zero attached hydrogens (tertiary/aromatic N) is 4. The Labute approximate surface area is 104 Å². The molecular formula is C13H10N4O. The highest BCUT2D eigenvalue weighted by Crippen LogP contribution is 2.06. The lowest BCUT2D eigenvalue weighted by molar-refractivity contribution is 0.0634. The maximum atomic E-state index is 8.92. The Morgan fingerprint density at radius 3 is 2.61 bits per heavy atom. The second-order valence-corrected chi connectivity index (χ2v) is 3.60. The van der Waals surface area contributed by atoms with E-state index in [2.05, 4.69) is 4.98 Å².